The van der Waals surface area contributed by atoms with Crippen LogP contribution in [0.3, 0.4) is 0 Å². The summed E-state index contributed by atoms with van der Waals surface area (Å²) in [5.41, 5.74) is 1.68. The number of thiophene rings is 1. The van der Waals surface area contributed by atoms with Crippen LogP contribution in [0.4, 0.5) is 5.13 Å². The van der Waals surface area contributed by atoms with E-state index in [1.165, 1.54) is 21.7 Å². The van der Waals surface area contributed by atoms with Crippen LogP contribution in [0.25, 0.3) is 11.3 Å². The van der Waals surface area contributed by atoms with Gasteiger partial charge in [0.05, 0.1) is 14.9 Å². The number of fused-ring (bicyclic) bond motifs is 3. The van der Waals surface area contributed by atoms with E-state index >= 15 is 0 Å². The number of aromatic nitrogens is 1. The molecule has 3 aromatic rings. The first-order valence-electron chi connectivity index (χ1n) is 9.73. The van der Waals surface area contributed by atoms with Crippen molar-refractivity contribution in [2.24, 2.45) is 0 Å². The van der Waals surface area contributed by atoms with E-state index in [9.17, 15) is 13.2 Å². The zero-order valence-corrected chi connectivity index (χ0v) is 19.4. The third kappa shape index (κ3) is 3.87. The van der Waals surface area contributed by atoms with Gasteiger partial charge in [-0.25, -0.2) is 13.4 Å². The summed E-state index contributed by atoms with van der Waals surface area (Å²) in [6, 6.07) is 9.88. The summed E-state index contributed by atoms with van der Waals surface area (Å²) in [5.74, 6) is 0.392. The second kappa shape index (κ2) is 8.18. The molecule has 1 atom stereocenters. The number of nitrogens with one attached hydrogen (secondary N) is 1. The van der Waals surface area contributed by atoms with Gasteiger partial charge in [0.1, 0.15) is 22.6 Å². The van der Waals surface area contributed by atoms with Gasteiger partial charge in [-0.3, -0.25) is 4.79 Å². The summed E-state index contributed by atoms with van der Waals surface area (Å²) < 4.78 is 33.9. The van der Waals surface area contributed by atoms with Crippen LogP contribution in [0, 0.1) is 0 Å². The lowest BCUT2D eigenvalue weighted by atomic mass is 10.0. The molecule has 0 aliphatic carbocycles. The smallest absolute Gasteiger partial charge is 0.253 e. The lowest BCUT2D eigenvalue weighted by Crippen LogP contribution is -2.49. The number of rotatable bonds is 4. The number of halogens is 1. The minimum Gasteiger partial charge on any atom is -0.487 e. The molecule has 0 radical (unpaired) electrons. The van der Waals surface area contributed by atoms with Crippen molar-refractivity contribution >= 4 is 55.3 Å². The molecule has 4 heterocycles. The molecule has 5 rings (SSSR count). The molecule has 31 heavy (non-hydrogen) atoms. The number of benzene rings is 1. The Morgan fingerprint density at radius 3 is 2.84 bits per heavy atom. The van der Waals surface area contributed by atoms with Gasteiger partial charge in [0.25, 0.3) is 10.0 Å². The number of sulfonamides is 1. The quantitative estimate of drug-likeness (QED) is 0.571. The summed E-state index contributed by atoms with van der Waals surface area (Å²) in [6.45, 7) is 0.689. The van der Waals surface area contributed by atoms with Crippen molar-refractivity contribution in [3.05, 3.63) is 45.6 Å². The molecule has 2 aliphatic rings. The van der Waals surface area contributed by atoms with Crippen molar-refractivity contribution in [2.75, 3.05) is 11.9 Å². The number of para-hydroxylation sites is 1. The van der Waals surface area contributed by atoms with Crippen LogP contribution in [0.5, 0.6) is 5.75 Å². The Bertz CT molecular complexity index is 1250. The van der Waals surface area contributed by atoms with Gasteiger partial charge in [-0.2, -0.15) is 4.31 Å². The molecule has 7 nitrogen and oxygen atoms in total. The van der Waals surface area contributed by atoms with Crippen molar-refractivity contribution in [1.82, 2.24) is 9.29 Å². The Morgan fingerprint density at radius 1 is 1.19 bits per heavy atom. The van der Waals surface area contributed by atoms with E-state index in [1.807, 2.05) is 24.3 Å². The maximum atomic E-state index is 13.1. The standard InChI is InChI=1S/C20H18ClN3O4S3/c21-16-8-9-17(30-16)31(26,27)24-10-4-3-6-13(24)19(25)23-20-22-18-12-5-1-2-7-14(12)28-11-15(18)29-20/h1-2,5,7-9,13H,3-4,6,10-11H2,(H,22,23,25). The number of thiazole rings is 1. The monoisotopic (exact) mass is 495 g/mol. The van der Waals surface area contributed by atoms with E-state index in [4.69, 9.17) is 16.3 Å². The summed E-state index contributed by atoms with van der Waals surface area (Å²) in [4.78, 5) is 18.6. The fourth-order valence-electron chi connectivity index (χ4n) is 3.84. The summed E-state index contributed by atoms with van der Waals surface area (Å²) in [7, 11) is -3.80. The molecule has 1 saturated heterocycles. The van der Waals surface area contributed by atoms with E-state index in [0.717, 1.165) is 39.6 Å². The van der Waals surface area contributed by atoms with Crippen LogP contribution >= 0.6 is 34.3 Å². The average Bonchev–Trinajstić information content (AvgIpc) is 3.40. The molecule has 1 amide bonds. The number of carbonyl (C=O) groups is 1. The number of piperidine rings is 1. The van der Waals surface area contributed by atoms with Gasteiger partial charge in [0, 0.05) is 12.1 Å². The predicted octanol–water partition coefficient (Wildman–Crippen LogP) is 4.60. The fourth-order valence-corrected chi connectivity index (χ4v) is 8.00. The second-order valence-corrected chi connectivity index (χ2v) is 12.2. The number of amides is 1. The Labute approximate surface area is 192 Å². The molecule has 162 valence electrons. The molecule has 1 unspecified atom stereocenters. The normalized spacial score (nSPS) is 18.7. The van der Waals surface area contributed by atoms with Gasteiger partial charge >= 0.3 is 0 Å². The third-order valence-electron chi connectivity index (χ3n) is 5.30. The van der Waals surface area contributed by atoms with Crippen LogP contribution in [-0.4, -0.2) is 36.2 Å². The number of hydrogen-bond donors (Lipinski definition) is 1. The van der Waals surface area contributed by atoms with Crippen molar-refractivity contribution in [1.29, 1.82) is 0 Å². The van der Waals surface area contributed by atoms with Crippen molar-refractivity contribution in [3.8, 4) is 17.0 Å². The largest absolute Gasteiger partial charge is 0.487 e. The molecule has 1 fully saturated rings. The maximum Gasteiger partial charge on any atom is 0.253 e. The van der Waals surface area contributed by atoms with E-state index in [2.05, 4.69) is 10.3 Å². The van der Waals surface area contributed by atoms with Crippen molar-refractivity contribution < 1.29 is 17.9 Å². The molecular weight excluding hydrogens is 478 g/mol. The van der Waals surface area contributed by atoms with Crippen LogP contribution < -0.4 is 10.1 Å². The second-order valence-electron chi connectivity index (χ2n) is 7.25. The third-order valence-corrected chi connectivity index (χ3v) is 9.85. The Morgan fingerprint density at radius 2 is 2.03 bits per heavy atom. The van der Waals surface area contributed by atoms with E-state index in [-0.39, 0.29) is 10.1 Å². The van der Waals surface area contributed by atoms with Crippen LogP contribution in [-0.2, 0) is 21.4 Å². The molecule has 2 aromatic heterocycles. The van der Waals surface area contributed by atoms with Gasteiger partial charge in [-0.05, 0) is 37.1 Å². The van der Waals surface area contributed by atoms with Gasteiger partial charge in [-0.1, -0.05) is 41.5 Å². The predicted molar refractivity (Wildman–Crippen MR) is 121 cm³/mol. The molecule has 11 heteroatoms. The maximum absolute atomic E-state index is 13.1. The van der Waals surface area contributed by atoms with Gasteiger partial charge in [0.15, 0.2) is 5.13 Å². The fraction of sp³-hybridized carbons (Fsp3) is 0.300. The van der Waals surface area contributed by atoms with Crippen LogP contribution in [0.1, 0.15) is 24.1 Å². The highest BCUT2D eigenvalue weighted by atomic mass is 35.5. The van der Waals surface area contributed by atoms with Crippen molar-refractivity contribution in [3.63, 3.8) is 0 Å². The zero-order valence-electron chi connectivity index (χ0n) is 16.2. The van der Waals surface area contributed by atoms with E-state index in [0.29, 0.717) is 35.5 Å². The lowest BCUT2D eigenvalue weighted by Gasteiger charge is -2.32. The number of carbonyl (C=O) groups excluding carboxylic acids is 1. The van der Waals surface area contributed by atoms with Crippen LogP contribution in [0.2, 0.25) is 4.34 Å². The molecule has 1 aromatic carbocycles. The van der Waals surface area contributed by atoms with E-state index in [1.54, 1.807) is 6.07 Å². The molecular formula is C20H18ClN3O4S3. The first kappa shape index (κ1) is 20.9. The minimum atomic E-state index is -3.80. The first-order chi connectivity index (χ1) is 14.9. The van der Waals surface area contributed by atoms with Gasteiger partial charge in [0.2, 0.25) is 5.91 Å². The Balaban J connectivity index is 1.39. The number of ether oxygens (including phenoxy) is 1. The number of hydrogen-bond acceptors (Lipinski definition) is 7. The molecule has 0 bridgehead atoms. The summed E-state index contributed by atoms with van der Waals surface area (Å²) >= 11 is 8.28. The summed E-state index contributed by atoms with van der Waals surface area (Å²) in [5, 5.41) is 3.28. The lowest BCUT2D eigenvalue weighted by molar-refractivity contribution is -0.120. The van der Waals surface area contributed by atoms with Gasteiger partial charge in [-0.15, -0.1) is 11.3 Å². The zero-order chi connectivity index (χ0) is 21.6. The Kier molecular flexibility index (Phi) is 5.51. The highest BCUT2D eigenvalue weighted by molar-refractivity contribution is 7.91. The van der Waals surface area contributed by atoms with E-state index < -0.39 is 16.1 Å². The highest BCUT2D eigenvalue weighted by Crippen LogP contribution is 2.41. The average molecular weight is 496 g/mol. The topological polar surface area (TPSA) is 88.6 Å². The number of nitrogens with zero attached hydrogens (tertiary/aromatic N) is 2. The SMILES string of the molecule is O=C(Nc1nc2c(s1)COc1ccccc1-2)C1CCCCN1S(=O)(=O)c1ccc(Cl)s1. The van der Waals surface area contributed by atoms with Crippen LogP contribution in [0.15, 0.2) is 40.6 Å². The number of anilines is 1. The van der Waals surface area contributed by atoms with Gasteiger partial charge < -0.3 is 10.1 Å². The Hall–Kier alpha value is -1.98. The first-order valence-corrected chi connectivity index (χ1v) is 13.2. The molecule has 1 N–H and O–H groups in total. The van der Waals surface area contributed by atoms with Crippen molar-refractivity contribution in [2.45, 2.75) is 36.1 Å². The highest BCUT2D eigenvalue weighted by Gasteiger charge is 2.38. The minimum absolute atomic E-state index is 0.149. The molecule has 2 aliphatic heterocycles. The summed E-state index contributed by atoms with van der Waals surface area (Å²) in [6.07, 6.45) is 1.95. The molecule has 0 saturated carbocycles. The molecule has 0 spiro atoms.